The lowest BCUT2D eigenvalue weighted by atomic mass is 9.83. The monoisotopic (exact) mass is 446 g/mol. The summed E-state index contributed by atoms with van der Waals surface area (Å²) in [5.74, 6) is -0.146. The fraction of sp³-hybridized carbons (Fsp3) is 0.111. The van der Waals surface area contributed by atoms with Crippen molar-refractivity contribution in [1.82, 2.24) is 0 Å². The molecule has 4 aromatic rings. The van der Waals surface area contributed by atoms with Crippen molar-refractivity contribution in [3.63, 3.8) is 0 Å². The topological polar surface area (TPSA) is 47.9 Å². The van der Waals surface area contributed by atoms with Crippen molar-refractivity contribution >= 4 is 16.8 Å². The minimum Gasteiger partial charge on any atom is -0.507 e. The molecular formula is C27H20F2O4. The summed E-state index contributed by atoms with van der Waals surface area (Å²) in [6, 6.07) is 18.0. The first-order valence-electron chi connectivity index (χ1n) is 10.3. The van der Waals surface area contributed by atoms with Crippen LogP contribution in [0, 0.1) is 11.6 Å². The molecule has 0 radical (unpaired) electrons. The zero-order valence-corrected chi connectivity index (χ0v) is 17.9. The summed E-state index contributed by atoms with van der Waals surface area (Å²) in [6.45, 7) is 0. The molecule has 4 aromatic carbocycles. The predicted molar refractivity (Wildman–Crippen MR) is 122 cm³/mol. The van der Waals surface area contributed by atoms with E-state index in [0.29, 0.717) is 17.1 Å². The van der Waals surface area contributed by atoms with Crippen LogP contribution in [0.1, 0.15) is 16.7 Å². The lowest BCUT2D eigenvalue weighted by Gasteiger charge is -2.37. The third-order valence-electron chi connectivity index (χ3n) is 5.91. The number of phenolic OH excluding ortho intramolecular Hbond substituents is 1. The Hall–Kier alpha value is -4.06. The molecule has 0 aromatic heterocycles. The van der Waals surface area contributed by atoms with Crippen molar-refractivity contribution in [2.45, 2.75) is 5.60 Å². The van der Waals surface area contributed by atoms with Crippen LogP contribution in [0.2, 0.25) is 0 Å². The average molecular weight is 446 g/mol. The van der Waals surface area contributed by atoms with Gasteiger partial charge in [-0.2, -0.15) is 0 Å². The highest BCUT2D eigenvalue weighted by Gasteiger charge is 2.39. The Labute approximate surface area is 189 Å². The molecule has 6 heteroatoms. The minimum absolute atomic E-state index is 0.0972. The number of methoxy groups -OCH3 is 2. The molecule has 1 N–H and O–H groups in total. The van der Waals surface area contributed by atoms with E-state index in [4.69, 9.17) is 14.2 Å². The number of fused-ring (bicyclic) bond motifs is 3. The van der Waals surface area contributed by atoms with Gasteiger partial charge in [0, 0.05) is 17.2 Å². The van der Waals surface area contributed by atoms with Gasteiger partial charge in [0.25, 0.3) is 0 Å². The molecule has 0 atom stereocenters. The Bertz CT molecular complexity index is 1330. The number of ether oxygens (including phenoxy) is 3. The van der Waals surface area contributed by atoms with Gasteiger partial charge in [-0.05, 0) is 53.9 Å². The van der Waals surface area contributed by atoms with Gasteiger partial charge < -0.3 is 19.3 Å². The minimum atomic E-state index is -1.15. The van der Waals surface area contributed by atoms with E-state index in [1.54, 1.807) is 20.3 Å². The second-order valence-corrected chi connectivity index (χ2v) is 7.75. The van der Waals surface area contributed by atoms with Gasteiger partial charge in [-0.1, -0.05) is 24.3 Å². The van der Waals surface area contributed by atoms with Crippen LogP contribution >= 0.6 is 0 Å². The van der Waals surface area contributed by atoms with Crippen molar-refractivity contribution in [2.24, 2.45) is 0 Å². The number of hydrogen-bond donors (Lipinski definition) is 1. The predicted octanol–water partition coefficient (Wildman–Crippen LogP) is 6.19. The molecule has 0 unspecified atom stereocenters. The zero-order valence-electron chi connectivity index (χ0n) is 17.9. The van der Waals surface area contributed by atoms with E-state index in [9.17, 15) is 13.9 Å². The molecule has 1 heterocycles. The number of benzene rings is 4. The highest BCUT2D eigenvalue weighted by atomic mass is 19.1. The quantitative estimate of drug-likeness (QED) is 0.406. The van der Waals surface area contributed by atoms with Gasteiger partial charge in [0.05, 0.1) is 25.2 Å². The van der Waals surface area contributed by atoms with Crippen LogP contribution < -0.4 is 14.2 Å². The Morgan fingerprint density at radius 3 is 1.94 bits per heavy atom. The van der Waals surface area contributed by atoms with Crippen LogP contribution in [0.3, 0.4) is 0 Å². The van der Waals surface area contributed by atoms with Gasteiger partial charge in [0.2, 0.25) is 0 Å². The Morgan fingerprint density at radius 2 is 1.39 bits per heavy atom. The molecule has 0 saturated carbocycles. The Balaban J connectivity index is 1.77. The van der Waals surface area contributed by atoms with Crippen molar-refractivity contribution < 1.29 is 28.1 Å². The second-order valence-electron chi connectivity index (χ2n) is 7.75. The van der Waals surface area contributed by atoms with Crippen LogP contribution in [0.15, 0.2) is 72.8 Å². The molecule has 0 amide bonds. The summed E-state index contributed by atoms with van der Waals surface area (Å²) in [4.78, 5) is 0. The maximum Gasteiger partial charge on any atom is 0.178 e. The lowest BCUT2D eigenvalue weighted by Crippen LogP contribution is -2.34. The number of halogens is 2. The third-order valence-corrected chi connectivity index (χ3v) is 5.91. The average Bonchev–Trinajstić information content (AvgIpc) is 2.83. The summed E-state index contributed by atoms with van der Waals surface area (Å²) in [7, 11) is 3.16. The largest absolute Gasteiger partial charge is 0.507 e. The Kier molecular flexibility index (Phi) is 4.93. The maximum absolute atomic E-state index is 15.0. The van der Waals surface area contributed by atoms with Gasteiger partial charge in [0.15, 0.2) is 5.60 Å². The number of hydrogen-bond acceptors (Lipinski definition) is 4. The first-order valence-corrected chi connectivity index (χ1v) is 10.3. The smallest absolute Gasteiger partial charge is 0.178 e. The molecule has 1 aliphatic rings. The van der Waals surface area contributed by atoms with Gasteiger partial charge in [-0.3, -0.25) is 0 Å². The lowest BCUT2D eigenvalue weighted by molar-refractivity contribution is 0.162. The van der Waals surface area contributed by atoms with E-state index in [2.05, 4.69) is 0 Å². The van der Waals surface area contributed by atoms with Crippen LogP contribution in [-0.2, 0) is 5.60 Å². The first kappa shape index (κ1) is 20.8. The SMILES string of the molecule is COc1ccc(C2(c3ccc(OC)cc3)C=Cc3c(O)cc4cc(F)cc(F)c4c3O2)cc1. The highest BCUT2D eigenvalue weighted by molar-refractivity contribution is 5.95. The van der Waals surface area contributed by atoms with Gasteiger partial charge in [0.1, 0.15) is 34.6 Å². The van der Waals surface area contributed by atoms with E-state index < -0.39 is 17.2 Å². The normalized spacial score (nSPS) is 13.9. The van der Waals surface area contributed by atoms with E-state index in [1.807, 2.05) is 54.6 Å². The maximum atomic E-state index is 15.0. The van der Waals surface area contributed by atoms with Gasteiger partial charge in [-0.15, -0.1) is 0 Å². The first-order chi connectivity index (χ1) is 15.9. The van der Waals surface area contributed by atoms with Gasteiger partial charge in [-0.25, -0.2) is 8.78 Å². The molecule has 0 spiro atoms. The van der Waals surface area contributed by atoms with Crippen molar-refractivity contribution in [3.05, 3.63) is 101 Å². The van der Waals surface area contributed by atoms with E-state index in [0.717, 1.165) is 17.2 Å². The van der Waals surface area contributed by atoms with E-state index >= 15 is 0 Å². The van der Waals surface area contributed by atoms with Crippen LogP contribution in [0.5, 0.6) is 23.0 Å². The number of aromatic hydroxyl groups is 1. The Morgan fingerprint density at radius 1 is 0.818 bits per heavy atom. The summed E-state index contributed by atoms with van der Waals surface area (Å²) < 4.78 is 46.0. The number of phenols is 1. The standard InChI is InChI=1S/C27H20F2O4/c1-31-20-7-3-17(4-8-20)27(18-5-9-21(32-2)10-6-18)12-11-22-24(30)14-16-13-19(28)15-23(29)25(16)26(22)33-27/h3-15,30H,1-2H3. The fourth-order valence-corrected chi connectivity index (χ4v) is 4.24. The molecule has 4 nitrogen and oxygen atoms in total. The van der Waals surface area contributed by atoms with Crippen LogP contribution in [-0.4, -0.2) is 19.3 Å². The number of rotatable bonds is 4. The molecular weight excluding hydrogens is 426 g/mol. The zero-order chi connectivity index (χ0) is 23.2. The van der Waals surface area contributed by atoms with Crippen LogP contribution in [0.25, 0.3) is 16.8 Å². The summed E-state index contributed by atoms with van der Waals surface area (Å²) in [6.07, 6.45) is 3.51. The molecule has 166 valence electrons. The molecule has 0 fully saturated rings. The summed E-state index contributed by atoms with van der Waals surface area (Å²) >= 11 is 0. The third kappa shape index (κ3) is 3.35. The molecule has 33 heavy (non-hydrogen) atoms. The van der Waals surface area contributed by atoms with Crippen molar-refractivity contribution in [1.29, 1.82) is 0 Å². The van der Waals surface area contributed by atoms with E-state index in [1.165, 1.54) is 12.1 Å². The molecule has 0 saturated heterocycles. The second kappa shape index (κ2) is 7.81. The van der Waals surface area contributed by atoms with E-state index in [-0.39, 0.29) is 22.3 Å². The highest BCUT2D eigenvalue weighted by Crippen LogP contribution is 2.48. The van der Waals surface area contributed by atoms with Gasteiger partial charge >= 0.3 is 0 Å². The molecule has 5 rings (SSSR count). The summed E-state index contributed by atoms with van der Waals surface area (Å²) in [5, 5.41) is 10.9. The van der Waals surface area contributed by atoms with Crippen LogP contribution in [0.4, 0.5) is 8.78 Å². The fourth-order valence-electron chi connectivity index (χ4n) is 4.24. The van der Waals surface area contributed by atoms with Crippen molar-refractivity contribution in [3.8, 4) is 23.0 Å². The van der Waals surface area contributed by atoms with Crippen molar-refractivity contribution in [2.75, 3.05) is 14.2 Å². The molecule has 0 bridgehead atoms. The summed E-state index contributed by atoms with van der Waals surface area (Å²) in [5.41, 5.74) is 0.696. The molecule has 0 aliphatic carbocycles. The molecule has 1 aliphatic heterocycles.